The standard InChI is InChI=1S/C16H14F3NO2/c1-11-4-2-7-14(8-11)22-10-15(21)20-13-6-3-5-12(9-13)16(17,18)19/h2-9H,10H2,1H3,(H,20,21). The second kappa shape index (κ2) is 6.51. The molecule has 0 unspecified atom stereocenters. The van der Waals surface area contributed by atoms with Crippen LogP contribution in [0.15, 0.2) is 48.5 Å². The molecule has 0 saturated carbocycles. The third-order valence-electron chi connectivity index (χ3n) is 2.83. The molecule has 0 radical (unpaired) electrons. The monoisotopic (exact) mass is 309 g/mol. The van der Waals surface area contributed by atoms with Crippen molar-refractivity contribution >= 4 is 11.6 Å². The van der Waals surface area contributed by atoms with E-state index in [0.29, 0.717) is 5.75 Å². The van der Waals surface area contributed by atoms with Gasteiger partial charge in [-0.15, -0.1) is 0 Å². The van der Waals surface area contributed by atoms with Gasteiger partial charge in [0.05, 0.1) is 5.56 Å². The van der Waals surface area contributed by atoms with Crippen LogP contribution in [0.4, 0.5) is 18.9 Å². The lowest BCUT2D eigenvalue weighted by molar-refractivity contribution is -0.137. The lowest BCUT2D eigenvalue weighted by Gasteiger charge is -2.10. The van der Waals surface area contributed by atoms with Crippen LogP contribution < -0.4 is 10.1 Å². The summed E-state index contributed by atoms with van der Waals surface area (Å²) in [5.41, 5.74) is 0.244. The van der Waals surface area contributed by atoms with Gasteiger partial charge >= 0.3 is 6.18 Å². The molecule has 1 amide bonds. The highest BCUT2D eigenvalue weighted by atomic mass is 19.4. The number of alkyl halides is 3. The molecule has 22 heavy (non-hydrogen) atoms. The fourth-order valence-electron chi connectivity index (χ4n) is 1.82. The Morgan fingerprint density at radius 2 is 1.86 bits per heavy atom. The van der Waals surface area contributed by atoms with Crippen molar-refractivity contribution in [3.63, 3.8) is 0 Å². The van der Waals surface area contributed by atoms with E-state index in [1.165, 1.54) is 12.1 Å². The smallest absolute Gasteiger partial charge is 0.416 e. The summed E-state index contributed by atoms with van der Waals surface area (Å²) >= 11 is 0. The molecule has 0 aliphatic rings. The van der Waals surface area contributed by atoms with Crippen LogP contribution in [0.1, 0.15) is 11.1 Å². The molecule has 0 saturated heterocycles. The number of anilines is 1. The number of rotatable bonds is 4. The van der Waals surface area contributed by atoms with Gasteiger partial charge in [0.1, 0.15) is 5.75 Å². The molecule has 2 rings (SSSR count). The molecular weight excluding hydrogens is 295 g/mol. The number of amides is 1. The van der Waals surface area contributed by atoms with Crippen molar-refractivity contribution in [2.24, 2.45) is 0 Å². The Labute approximate surface area is 125 Å². The molecule has 2 aromatic rings. The van der Waals surface area contributed by atoms with Crippen LogP contribution in [0.2, 0.25) is 0 Å². The predicted octanol–water partition coefficient (Wildman–Crippen LogP) is 4.03. The second-order valence-corrected chi connectivity index (χ2v) is 4.73. The molecule has 0 atom stereocenters. The number of nitrogens with one attached hydrogen (secondary N) is 1. The van der Waals surface area contributed by atoms with Gasteiger partial charge in [-0.1, -0.05) is 18.2 Å². The molecule has 6 heteroatoms. The minimum atomic E-state index is -4.45. The molecular formula is C16H14F3NO2. The summed E-state index contributed by atoms with van der Waals surface area (Å²) in [7, 11) is 0. The zero-order valence-corrected chi connectivity index (χ0v) is 11.8. The summed E-state index contributed by atoms with van der Waals surface area (Å²) < 4.78 is 43.0. The fourth-order valence-corrected chi connectivity index (χ4v) is 1.82. The second-order valence-electron chi connectivity index (χ2n) is 4.73. The van der Waals surface area contributed by atoms with E-state index in [1.54, 1.807) is 18.2 Å². The summed E-state index contributed by atoms with van der Waals surface area (Å²) in [6, 6.07) is 11.6. The van der Waals surface area contributed by atoms with Crippen LogP contribution >= 0.6 is 0 Å². The maximum absolute atomic E-state index is 12.6. The van der Waals surface area contributed by atoms with Crippen molar-refractivity contribution in [1.82, 2.24) is 0 Å². The quantitative estimate of drug-likeness (QED) is 0.926. The van der Waals surface area contributed by atoms with E-state index in [0.717, 1.165) is 17.7 Å². The van der Waals surface area contributed by atoms with Crippen molar-refractivity contribution in [2.75, 3.05) is 11.9 Å². The zero-order valence-electron chi connectivity index (χ0n) is 11.8. The highest BCUT2D eigenvalue weighted by molar-refractivity contribution is 5.91. The van der Waals surface area contributed by atoms with Crippen molar-refractivity contribution in [1.29, 1.82) is 0 Å². The Bertz CT molecular complexity index is 668. The number of carbonyl (C=O) groups is 1. The molecule has 1 N–H and O–H groups in total. The molecule has 0 fully saturated rings. The van der Waals surface area contributed by atoms with Gasteiger partial charge in [-0.05, 0) is 42.8 Å². The Balaban J connectivity index is 1.95. The molecule has 0 bridgehead atoms. The Hall–Kier alpha value is -2.50. The summed E-state index contributed by atoms with van der Waals surface area (Å²) in [5, 5.41) is 2.38. The summed E-state index contributed by atoms with van der Waals surface area (Å²) in [6.07, 6.45) is -4.45. The third-order valence-corrected chi connectivity index (χ3v) is 2.83. The van der Waals surface area contributed by atoms with E-state index >= 15 is 0 Å². The molecule has 0 aliphatic heterocycles. The van der Waals surface area contributed by atoms with Gasteiger partial charge in [0, 0.05) is 5.69 Å². The highest BCUT2D eigenvalue weighted by Crippen LogP contribution is 2.30. The molecule has 0 heterocycles. The highest BCUT2D eigenvalue weighted by Gasteiger charge is 2.30. The number of benzene rings is 2. The molecule has 2 aromatic carbocycles. The maximum Gasteiger partial charge on any atom is 0.416 e. The van der Waals surface area contributed by atoms with Gasteiger partial charge in [-0.25, -0.2) is 0 Å². The average molecular weight is 309 g/mol. The largest absolute Gasteiger partial charge is 0.484 e. The minimum absolute atomic E-state index is 0.0765. The van der Waals surface area contributed by atoms with Crippen LogP contribution in [0.25, 0.3) is 0 Å². The molecule has 3 nitrogen and oxygen atoms in total. The van der Waals surface area contributed by atoms with Gasteiger partial charge in [-0.3, -0.25) is 4.79 Å². The first-order chi connectivity index (χ1) is 10.3. The molecule has 0 spiro atoms. The van der Waals surface area contributed by atoms with E-state index in [-0.39, 0.29) is 12.3 Å². The summed E-state index contributed by atoms with van der Waals surface area (Å²) in [5.74, 6) is 0.0000212. The lowest BCUT2D eigenvalue weighted by atomic mass is 10.2. The number of hydrogen-bond donors (Lipinski definition) is 1. The van der Waals surface area contributed by atoms with E-state index in [4.69, 9.17) is 4.74 Å². The average Bonchev–Trinajstić information content (AvgIpc) is 2.45. The van der Waals surface area contributed by atoms with Crippen LogP contribution in [-0.4, -0.2) is 12.5 Å². The number of ether oxygens (including phenoxy) is 1. The van der Waals surface area contributed by atoms with Crippen LogP contribution in [0.3, 0.4) is 0 Å². The van der Waals surface area contributed by atoms with Crippen molar-refractivity contribution in [2.45, 2.75) is 13.1 Å². The minimum Gasteiger partial charge on any atom is -0.484 e. The van der Waals surface area contributed by atoms with Crippen LogP contribution in [0.5, 0.6) is 5.75 Å². The van der Waals surface area contributed by atoms with Gasteiger partial charge in [-0.2, -0.15) is 13.2 Å². The zero-order chi connectivity index (χ0) is 16.2. The Kier molecular flexibility index (Phi) is 4.70. The number of aryl methyl sites for hydroxylation is 1. The van der Waals surface area contributed by atoms with E-state index in [2.05, 4.69) is 5.32 Å². The summed E-state index contributed by atoms with van der Waals surface area (Å²) in [4.78, 5) is 11.7. The number of carbonyl (C=O) groups excluding carboxylic acids is 1. The Morgan fingerprint density at radius 1 is 1.14 bits per heavy atom. The van der Waals surface area contributed by atoms with Gasteiger partial charge in [0.15, 0.2) is 6.61 Å². The van der Waals surface area contributed by atoms with E-state index in [1.807, 2.05) is 13.0 Å². The number of hydrogen-bond acceptors (Lipinski definition) is 2. The Morgan fingerprint density at radius 3 is 2.55 bits per heavy atom. The van der Waals surface area contributed by atoms with Crippen molar-refractivity contribution < 1.29 is 22.7 Å². The van der Waals surface area contributed by atoms with Crippen molar-refractivity contribution in [3.05, 3.63) is 59.7 Å². The van der Waals surface area contributed by atoms with Crippen molar-refractivity contribution in [3.8, 4) is 5.75 Å². The van der Waals surface area contributed by atoms with Gasteiger partial charge in [0.25, 0.3) is 5.91 Å². The first kappa shape index (κ1) is 15.9. The normalized spacial score (nSPS) is 11.1. The van der Waals surface area contributed by atoms with Crippen LogP contribution in [0, 0.1) is 6.92 Å². The first-order valence-electron chi connectivity index (χ1n) is 6.51. The maximum atomic E-state index is 12.6. The first-order valence-corrected chi connectivity index (χ1v) is 6.51. The van der Waals surface area contributed by atoms with E-state index < -0.39 is 17.6 Å². The van der Waals surface area contributed by atoms with Gasteiger partial charge in [0.2, 0.25) is 0 Å². The predicted molar refractivity (Wildman–Crippen MR) is 76.7 cm³/mol. The lowest BCUT2D eigenvalue weighted by Crippen LogP contribution is -2.20. The molecule has 0 aromatic heterocycles. The summed E-state index contributed by atoms with van der Waals surface area (Å²) in [6.45, 7) is 1.61. The molecule has 0 aliphatic carbocycles. The third kappa shape index (κ3) is 4.51. The van der Waals surface area contributed by atoms with Crippen LogP contribution in [-0.2, 0) is 11.0 Å². The SMILES string of the molecule is Cc1cccc(OCC(=O)Nc2cccc(C(F)(F)F)c2)c1. The van der Waals surface area contributed by atoms with Gasteiger partial charge < -0.3 is 10.1 Å². The van der Waals surface area contributed by atoms with E-state index in [9.17, 15) is 18.0 Å². The molecule has 116 valence electrons. The number of halogens is 3. The topological polar surface area (TPSA) is 38.3 Å². The fraction of sp³-hybridized carbons (Fsp3) is 0.188.